The summed E-state index contributed by atoms with van der Waals surface area (Å²) in [6.45, 7) is 5.58. The molecular formula is C12H18N4OS. The van der Waals surface area contributed by atoms with Gasteiger partial charge in [0.15, 0.2) is 0 Å². The van der Waals surface area contributed by atoms with Gasteiger partial charge in [0.1, 0.15) is 10.7 Å². The third-order valence-electron chi connectivity index (χ3n) is 3.12. The lowest BCUT2D eigenvalue weighted by atomic mass is 9.93. The maximum atomic E-state index is 5.61. The van der Waals surface area contributed by atoms with E-state index in [0.29, 0.717) is 16.6 Å². The Morgan fingerprint density at radius 1 is 1.44 bits per heavy atom. The van der Waals surface area contributed by atoms with Gasteiger partial charge in [0.2, 0.25) is 5.95 Å². The van der Waals surface area contributed by atoms with Crippen LogP contribution in [0.25, 0.3) is 0 Å². The Kier molecular flexibility index (Phi) is 3.77. The van der Waals surface area contributed by atoms with Crippen molar-refractivity contribution in [2.24, 2.45) is 5.73 Å². The number of nitrogens with one attached hydrogen (secondary N) is 1. The molecule has 6 heteroatoms. The van der Waals surface area contributed by atoms with E-state index >= 15 is 0 Å². The highest BCUT2D eigenvalue weighted by molar-refractivity contribution is 7.80. The molecule has 1 aliphatic rings. The van der Waals surface area contributed by atoms with Crippen LogP contribution in [0.3, 0.4) is 0 Å². The van der Waals surface area contributed by atoms with Crippen LogP contribution >= 0.6 is 12.2 Å². The largest absolute Gasteiger partial charge is 0.388 e. The van der Waals surface area contributed by atoms with Crippen molar-refractivity contribution in [3.8, 4) is 0 Å². The molecule has 1 fully saturated rings. The molecule has 18 heavy (non-hydrogen) atoms. The average Bonchev–Trinajstić information content (AvgIpc) is 2.28. The minimum atomic E-state index is -0.0282. The lowest BCUT2D eigenvalue weighted by Crippen LogP contribution is -2.41. The molecule has 1 aliphatic heterocycles. The van der Waals surface area contributed by atoms with E-state index in [1.54, 1.807) is 6.07 Å². The van der Waals surface area contributed by atoms with Gasteiger partial charge in [-0.1, -0.05) is 12.2 Å². The fraction of sp³-hybridized carbons (Fsp3) is 0.583. The number of rotatable bonds is 3. The van der Waals surface area contributed by atoms with E-state index in [1.807, 2.05) is 6.92 Å². The molecule has 1 aromatic rings. The van der Waals surface area contributed by atoms with Crippen molar-refractivity contribution in [1.82, 2.24) is 9.97 Å². The van der Waals surface area contributed by atoms with Crippen molar-refractivity contribution in [3.05, 3.63) is 17.5 Å². The first-order valence-electron chi connectivity index (χ1n) is 6.00. The summed E-state index contributed by atoms with van der Waals surface area (Å²) in [5, 5.41) is 3.38. The van der Waals surface area contributed by atoms with E-state index in [4.69, 9.17) is 22.7 Å². The molecule has 1 aromatic heterocycles. The smallest absolute Gasteiger partial charge is 0.223 e. The molecule has 0 atom stereocenters. The second-order valence-corrected chi connectivity index (χ2v) is 5.32. The molecule has 0 bridgehead atoms. The van der Waals surface area contributed by atoms with Crippen LogP contribution < -0.4 is 11.1 Å². The Morgan fingerprint density at radius 3 is 2.72 bits per heavy atom. The molecule has 2 rings (SSSR count). The van der Waals surface area contributed by atoms with Crippen LogP contribution in [0.4, 0.5) is 5.95 Å². The zero-order chi connectivity index (χ0) is 13.2. The quantitative estimate of drug-likeness (QED) is 0.806. The van der Waals surface area contributed by atoms with Gasteiger partial charge in [-0.25, -0.2) is 9.97 Å². The van der Waals surface area contributed by atoms with Crippen molar-refractivity contribution >= 4 is 23.2 Å². The van der Waals surface area contributed by atoms with E-state index in [2.05, 4.69) is 22.2 Å². The Morgan fingerprint density at radius 2 is 2.11 bits per heavy atom. The van der Waals surface area contributed by atoms with Crippen LogP contribution in [-0.2, 0) is 4.74 Å². The summed E-state index contributed by atoms with van der Waals surface area (Å²) < 4.78 is 5.37. The monoisotopic (exact) mass is 266 g/mol. The maximum Gasteiger partial charge on any atom is 0.223 e. The third-order valence-corrected chi connectivity index (χ3v) is 3.33. The van der Waals surface area contributed by atoms with Gasteiger partial charge in [0, 0.05) is 24.4 Å². The van der Waals surface area contributed by atoms with Crippen molar-refractivity contribution in [2.75, 3.05) is 18.5 Å². The standard InChI is InChI=1S/C12H18N4OS/c1-8-7-9(10(13)18)15-11(14-8)16-12(2)3-5-17-6-4-12/h7H,3-6H2,1-2H3,(H2,13,18)(H,14,15,16). The Hall–Kier alpha value is -1.27. The molecule has 0 spiro atoms. The van der Waals surface area contributed by atoms with E-state index < -0.39 is 0 Å². The van der Waals surface area contributed by atoms with Gasteiger partial charge in [0.05, 0.1) is 0 Å². The topological polar surface area (TPSA) is 73.1 Å². The number of hydrogen-bond donors (Lipinski definition) is 2. The minimum Gasteiger partial charge on any atom is -0.388 e. The zero-order valence-electron chi connectivity index (χ0n) is 10.7. The van der Waals surface area contributed by atoms with E-state index in [1.165, 1.54) is 0 Å². The second-order valence-electron chi connectivity index (χ2n) is 4.88. The van der Waals surface area contributed by atoms with Crippen molar-refractivity contribution < 1.29 is 4.74 Å². The number of thiocarbonyl (C=S) groups is 1. The summed E-state index contributed by atoms with van der Waals surface area (Å²) in [4.78, 5) is 9.01. The fourth-order valence-electron chi connectivity index (χ4n) is 1.97. The average molecular weight is 266 g/mol. The van der Waals surface area contributed by atoms with Crippen LogP contribution in [0.2, 0.25) is 0 Å². The minimum absolute atomic E-state index is 0.0282. The third kappa shape index (κ3) is 3.14. The number of aromatic nitrogens is 2. The Balaban J connectivity index is 2.20. The van der Waals surface area contributed by atoms with Crippen molar-refractivity contribution in [1.29, 1.82) is 0 Å². The van der Waals surface area contributed by atoms with Gasteiger partial charge < -0.3 is 15.8 Å². The van der Waals surface area contributed by atoms with Gasteiger partial charge in [0.25, 0.3) is 0 Å². The Labute approximate surface area is 112 Å². The first-order chi connectivity index (χ1) is 8.48. The van der Waals surface area contributed by atoms with Crippen molar-refractivity contribution in [3.63, 3.8) is 0 Å². The summed E-state index contributed by atoms with van der Waals surface area (Å²) in [5.41, 5.74) is 7.04. The SMILES string of the molecule is Cc1cc(C(N)=S)nc(NC2(C)CCOCC2)n1. The van der Waals surface area contributed by atoms with Crippen LogP contribution in [-0.4, -0.2) is 33.7 Å². The van der Waals surface area contributed by atoms with Gasteiger partial charge in [-0.3, -0.25) is 0 Å². The Bertz CT molecular complexity index is 457. The van der Waals surface area contributed by atoms with Gasteiger partial charge in [-0.2, -0.15) is 0 Å². The first kappa shape index (κ1) is 13.2. The lowest BCUT2D eigenvalue weighted by molar-refractivity contribution is 0.0656. The number of aryl methyl sites for hydroxylation is 1. The first-order valence-corrected chi connectivity index (χ1v) is 6.41. The number of anilines is 1. The highest BCUT2D eigenvalue weighted by Crippen LogP contribution is 2.23. The summed E-state index contributed by atoms with van der Waals surface area (Å²) in [6, 6.07) is 1.79. The van der Waals surface area contributed by atoms with Crippen LogP contribution in [0, 0.1) is 6.92 Å². The zero-order valence-corrected chi connectivity index (χ0v) is 11.5. The molecule has 0 amide bonds. The predicted octanol–water partition coefficient (Wildman–Crippen LogP) is 1.40. The van der Waals surface area contributed by atoms with Crippen LogP contribution in [0.15, 0.2) is 6.07 Å². The molecule has 0 unspecified atom stereocenters. The number of hydrogen-bond acceptors (Lipinski definition) is 5. The number of ether oxygens (including phenoxy) is 1. The highest BCUT2D eigenvalue weighted by atomic mass is 32.1. The molecule has 0 aromatic carbocycles. The van der Waals surface area contributed by atoms with E-state index in [9.17, 15) is 0 Å². The van der Waals surface area contributed by atoms with Crippen LogP contribution in [0.1, 0.15) is 31.2 Å². The molecule has 5 nitrogen and oxygen atoms in total. The fourth-order valence-corrected chi connectivity index (χ4v) is 2.07. The molecule has 1 saturated heterocycles. The number of nitrogens with zero attached hydrogens (tertiary/aromatic N) is 2. The molecule has 2 heterocycles. The van der Waals surface area contributed by atoms with Crippen LogP contribution in [0.5, 0.6) is 0 Å². The summed E-state index contributed by atoms with van der Waals surface area (Å²) in [5.74, 6) is 0.585. The van der Waals surface area contributed by atoms with Gasteiger partial charge in [-0.15, -0.1) is 0 Å². The second kappa shape index (κ2) is 5.16. The normalized spacial score (nSPS) is 18.3. The predicted molar refractivity (Wildman–Crippen MR) is 74.7 cm³/mol. The highest BCUT2D eigenvalue weighted by Gasteiger charge is 2.28. The molecule has 3 N–H and O–H groups in total. The maximum absolute atomic E-state index is 5.61. The molecule has 0 saturated carbocycles. The lowest BCUT2D eigenvalue weighted by Gasteiger charge is -2.34. The number of nitrogens with two attached hydrogens (primary N) is 1. The van der Waals surface area contributed by atoms with Gasteiger partial charge >= 0.3 is 0 Å². The summed E-state index contributed by atoms with van der Waals surface area (Å²) >= 11 is 4.95. The molecule has 98 valence electrons. The summed E-state index contributed by atoms with van der Waals surface area (Å²) in [6.07, 6.45) is 1.87. The van der Waals surface area contributed by atoms with E-state index in [-0.39, 0.29) is 5.54 Å². The molecule has 0 radical (unpaired) electrons. The van der Waals surface area contributed by atoms with E-state index in [0.717, 1.165) is 31.7 Å². The van der Waals surface area contributed by atoms with Gasteiger partial charge in [-0.05, 0) is 32.8 Å². The molecular weight excluding hydrogens is 248 g/mol. The summed E-state index contributed by atoms with van der Waals surface area (Å²) in [7, 11) is 0. The van der Waals surface area contributed by atoms with Crippen molar-refractivity contribution in [2.45, 2.75) is 32.2 Å². The molecule has 0 aliphatic carbocycles.